The van der Waals surface area contributed by atoms with Crippen LogP contribution < -0.4 is 10.6 Å². The predicted octanol–water partition coefficient (Wildman–Crippen LogP) is 4.85. The number of halogens is 5. The Morgan fingerprint density at radius 3 is 2.48 bits per heavy atom. The molecule has 44 heavy (non-hydrogen) atoms. The van der Waals surface area contributed by atoms with Crippen LogP contribution in [0.15, 0.2) is 22.8 Å². The van der Waals surface area contributed by atoms with Gasteiger partial charge in [-0.25, -0.2) is 18.4 Å². The molecule has 2 saturated carbocycles. The van der Waals surface area contributed by atoms with Gasteiger partial charge in [0.05, 0.1) is 35.9 Å². The molecular formula is C28H33F5N6O5. The third-order valence-corrected chi connectivity index (χ3v) is 7.75. The number of aryl methyl sites for hydroxylation is 1. The van der Waals surface area contributed by atoms with Crippen LogP contribution in [0.5, 0.6) is 0 Å². The molecule has 2 fully saturated rings. The lowest BCUT2D eigenvalue weighted by atomic mass is 10.1. The topological polar surface area (TPSA) is 144 Å². The monoisotopic (exact) mass is 628 g/mol. The maximum absolute atomic E-state index is 13.7. The summed E-state index contributed by atoms with van der Waals surface area (Å²) in [6.07, 6.45) is -4.73. The Morgan fingerprint density at radius 1 is 1.18 bits per heavy atom. The van der Waals surface area contributed by atoms with E-state index in [1.807, 2.05) is 0 Å². The zero-order valence-corrected chi connectivity index (χ0v) is 24.4. The molecule has 3 aromatic rings. The first-order valence-corrected chi connectivity index (χ1v) is 14.2. The van der Waals surface area contributed by atoms with Gasteiger partial charge in [0.2, 0.25) is 5.91 Å². The van der Waals surface area contributed by atoms with Crippen LogP contribution in [0.4, 0.5) is 22.0 Å². The number of ether oxygens (including phenoxy) is 2. The molecule has 0 spiro atoms. The molecule has 3 N–H and O–H groups in total. The predicted molar refractivity (Wildman–Crippen MR) is 144 cm³/mol. The Balaban J connectivity index is 1.41. The van der Waals surface area contributed by atoms with E-state index in [1.54, 1.807) is 18.2 Å². The minimum atomic E-state index is -4.71. The average molecular weight is 629 g/mol. The number of nitrogens with zero attached hydrogens (tertiary/aromatic N) is 3. The number of rotatable bonds is 13. The Kier molecular flexibility index (Phi) is 8.44. The zero-order chi connectivity index (χ0) is 32.0. The maximum atomic E-state index is 13.7. The molecule has 2 heterocycles. The Labute approximate surface area is 248 Å². The van der Waals surface area contributed by atoms with E-state index >= 15 is 0 Å². The highest BCUT2D eigenvalue weighted by molar-refractivity contribution is 5.93. The Hall–Kier alpha value is -3.66. The van der Waals surface area contributed by atoms with Gasteiger partial charge >= 0.3 is 6.18 Å². The molecule has 16 heteroatoms. The van der Waals surface area contributed by atoms with E-state index < -0.39 is 53.6 Å². The normalized spacial score (nSPS) is 20.2. The van der Waals surface area contributed by atoms with Gasteiger partial charge in [-0.15, -0.1) is 0 Å². The highest BCUT2D eigenvalue weighted by Crippen LogP contribution is 2.50. The van der Waals surface area contributed by atoms with Crippen LogP contribution in [-0.2, 0) is 14.3 Å². The molecule has 5 rings (SSSR count). The van der Waals surface area contributed by atoms with E-state index in [0.29, 0.717) is 16.6 Å². The van der Waals surface area contributed by atoms with Crippen molar-refractivity contribution in [1.29, 1.82) is 0 Å². The molecule has 0 saturated heterocycles. The molecule has 4 atom stereocenters. The molecule has 0 bridgehead atoms. The van der Waals surface area contributed by atoms with E-state index in [-0.39, 0.29) is 42.8 Å². The number of fused-ring (bicyclic) bond motifs is 1. The summed E-state index contributed by atoms with van der Waals surface area (Å²) in [5, 5.41) is 12.5. The minimum Gasteiger partial charge on any atom is -0.376 e. The fourth-order valence-corrected chi connectivity index (χ4v) is 4.72. The zero-order valence-electron chi connectivity index (χ0n) is 24.4. The third kappa shape index (κ3) is 7.17. The number of amides is 2. The van der Waals surface area contributed by atoms with Crippen molar-refractivity contribution in [3.8, 4) is 0 Å². The summed E-state index contributed by atoms with van der Waals surface area (Å²) in [7, 11) is 0. The molecule has 11 nitrogen and oxygen atoms in total. The van der Waals surface area contributed by atoms with E-state index in [2.05, 4.69) is 35.5 Å². The van der Waals surface area contributed by atoms with Crippen LogP contribution in [-0.4, -0.2) is 68.6 Å². The van der Waals surface area contributed by atoms with Gasteiger partial charge in [-0.2, -0.15) is 13.2 Å². The first-order chi connectivity index (χ1) is 20.5. The molecule has 2 amide bonds. The second-order valence-electron chi connectivity index (χ2n) is 11.9. The van der Waals surface area contributed by atoms with E-state index in [1.165, 1.54) is 13.8 Å². The lowest BCUT2D eigenvalue weighted by Gasteiger charge is -2.34. The number of hydrogen-bond donors (Lipinski definition) is 3. The fourth-order valence-electron chi connectivity index (χ4n) is 4.72. The second kappa shape index (κ2) is 11.7. The number of imidazole rings is 1. The number of carbonyl (C=O) groups is 2. The van der Waals surface area contributed by atoms with Crippen molar-refractivity contribution in [2.75, 3.05) is 6.61 Å². The van der Waals surface area contributed by atoms with Gasteiger partial charge in [-0.05, 0) is 63.4 Å². The van der Waals surface area contributed by atoms with Gasteiger partial charge in [0.1, 0.15) is 17.6 Å². The van der Waals surface area contributed by atoms with Gasteiger partial charge < -0.3 is 25.1 Å². The van der Waals surface area contributed by atoms with Crippen LogP contribution in [0, 0.1) is 12.8 Å². The Morgan fingerprint density at radius 2 is 1.89 bits per heavy atom. The van der Waals surface area contributed by atoms with E-state index in [4.69, 9.17) is 9.47 Å². The van der Waals surface area contributed by atoms with Crippen LogP contribution in [0.2, 0.25) is 0 Å². The molecule has 0 radical (unpaired) electrons. The van der Waals surface area contributed by atoms with Crippen molar-refractivity contribution in [1.82, 2.24) is 30.9 Å². The first-order valence-electron chi connectivity index (χ1n) is 14.2. The summed E-state index contributed by atoms with van der Waals surface area (Å²) >= 11 is 0. The molecule has 240 valence electrons. The minimum absolute atomic E-state index is 0.0678. The van der Waals surface area contributed by atoms with Crippen molar-refractivity contribution >= 4 is 22.8 Å². The summed E-state index contributed by atoms with van der Waals surface area (Å²) in [4.78, 5) is 33.2. The van der Waals surface area contributed by atoms with Crippen LogP contribution in [0.25, 0.3) is 11.0 Å². The van der Waals surface area contributed by atoms with E-state index in [0.717, 1.165) is 26.7 Å². The average Bonchev–Trinajstić information content (AvgIpc) is 3.73. The molecule has 0 aliphatic heterocycles. The third-order valence-electron chi connectivity index (χ3n) is 7.75. The van der Waals surface area contributed by atoms with Gasteiger partial charge in [0.15, 0.2) is 11.3 Å². The van der Waals surface area contributed by atoms with Crippen LogP contribution in [0.3, 0.4) is 0 Å². The molecule has 1 aromatic carbocycles. The van der Waals surface area contributed by atoms with Crippen LogP contribution >= 0.6 is 0 Å². The van der Waals surface area contributed by atoms with E-state index in [9.17, 15) is 31.5 Å². The quantitative estimate of drug-likeness (QED) is 0.228. The van der Waals surface area contributed by atoms with Crippen molar-refractivity contribution in [2.45, 2.75) is 95.4 Å². The Bertz CT molecular complexity index is 1520. The first kappa shape index (κ1) is 31.8. The number of hydrogen-bond acceptors (Lipinski definition) is 8. The van der Waals surface area contributed by atoms with Crippen molar-refractivity contribution in [2.24, 2.45) is 5.92 Å². The van der Waals surface area contributed by atoms with Crippen molar-refractivity contribution < 1.29 is 45.6 Å². The van der Waals surface area contributed by atoms with Crippen molar-refractivity contribution in [3.05, 3.63) is 41.0 Å². The second-order valence-corrected chi connectivity index (χ2v) is 11.9. The largest absolute Gasteiger partial charge is 0.416 e. The standard InChI is InChI=1S/C28H33F5N6O5/c1-13-22(39-44-38-13)25(41)37-23(14(2)43-26(3,4)28(31,32)33)24-35-18-8-5-15(9-19(18)36-24)20(12-42-17-6-7-17)34-21(40)10-16-11-27(16,29)30/h5,8-9,14,16-17,20,23H,6-7,10-12H2,1-4H3,(H,34,40)(H,35,36)(H,37,41)/t14-,16+,20-,23+/m1/s1. The lowest BCUT2D eigenvalue weighted by molar-refractivity contribution is -0.277. The smallest absolute Gasteiger partial charge is 0.376 e. The van der Waals surface area contributed by atoms with Gasteiger partial charge in [-0.1, -0.05) is 11.2 Å². The summed E-state index contributed by atoms with van der Waals surface area (Å²) < 4.78 is 83.6. The SMILES string of the molecule is Cc1nonc1C(=O)N[C@H](c1nc2cc([C@@H](COC3CC3)NC(=O)C[C@H]3CC3(F)F)ccc2[nH]1)[C@@H](C)OC(C)(C)C(F)(F)F. The molecule has 2 aromatic heterocycles. The fraction of sp³-hybridized carbons (Fsp3) is 0.607. The number of benzene rings is 1. The van der Waals surface area contributed by atoms with Crippen molar-refractivity contribution in [3.63, 3.8) is 0 Å². The summed E-state index contributed by atoms with van der Waals surface area (Å²) in [5.41, 5.74) is -1.11. The number of nitrogens with one attached hydrogen (secondary N) is 3. The molecule has 2 aliphatic carbocycles. The lowest BCUT2D eigenvalue weighted by Crippen LogP contribution is -2.47. The van der Waals surface area contributed by atoms with Gasteiger partial charge in [0.25, 0.3) is 11.8 Å². The summed E-state index contributed by atoms with van der Waals surface area (Å²) in [6, 6.07) is 3.14. The van der Waals surface area contributed by atoms with Gasteiger partial charge in [-0.3, -0.25) is 9.59 Å². The molecule has 0 unspecified atom stereocenters. The van der Waals surface area contributed by atoms with Gasteiger partial charge in [0, 0.05) is 18.8 Å². The highest BCUT2D eigenvalue weighted by atomic mass is 19.4. The van der Waals surface area contributed by atoms with Crippen LogP contribution in [0.1, 0.15) is 86.1 Å². The number of H-pyrrole nitrogens is 1. The summed E-state index contributed by atoms with van der Waals surface area (Å²) in [5.74, 6) is -5.02. The molecular weight excluding hydrogens is 595 g/mol. The maximum Gasteiger partial charge on any atom is 0.416 e. The number of aromatic nitrogens is 4. The number of carbonyl (C=O) groups excluding carboxylic acids is 2. The summed E-state index contributed by atoms with van der Waals surface area (Å²) in [6.45, 7) is 4.72. The number of alkyl halides is 5. The number of aromatic amines is 1. The molecule has 2 aliphatic rings. The highest BCUT2D eigenvalue weighted by Gasteiger charge is 2.57.